The van der Waals surface area contributed by atoms with Crippen LogP contribution in [0.15, 0.2) is 90.3 Å². The minimum atomic E-state index is -3.70. The van der Waals surface area contributed by atoms with E-state index >= 15 is 0 Å². The Hall–Kier alpha value is -3.58. The van der Waals surface area contributed by atoms with Crippen molar-refractivity contribution >= 4 is 27.3 Å². The van der Waals surface area contributed by atoms with Gasteiger partial charge in [0.15, 0.2) is 0 Å². The molecule has 0 aliphatic carbocycles. The van der Waals surface area contributed by atoms with Crippen molar-refractivity contribution in [2.24, 2.45) is 0 Å². The number of nitrogens with one attached hydrogen (secondary N) is 1. The molecule has 0 aromatic heterocycles. The van der Waals surface area contributed by atoms with Crippen LogP contribution in [0.4, 0.5) is 11.4 Å². The van der Waals surface area contributed by atoms with Crippen LogP contribution in [-0.4, -0.2) is 28.0 Å². The summed E-state index contributed by atoms with van der Waals surface area (Å²) in [6.45, 7) is 5.75. The van der Waals surface area contributed by atoms with E-state index in [-0.39, 0.29) is 10.8 Å². The minimum Gasteiger partial charge on any atom is -0.489 e. The highest BCUT2D eigenvalue weighted by Gasteiger charge is 2.22. The third-order valence-electron chi connectivity index (χ3n) is 4.66. The van der Waals surface area contributed by atoms with Crippen molar-refractivity contribution < 1.29 is 17.9 Å². The van der Waals surface area contributed by atoms with E-state index in [9.17, 15) is 13.2 Å². The van der Waals surface area contributed by atoms with Gasteiger partial charge in [0, 0.05) is 24.4 Å². The number of benzene rings is 3. The van der Waals surface area contributed by atoms with Crippen LogP contribution in [0.3, 0.4) is 0 Å². The second kappa shape index (κ2) is 9.49. The van der Waals surface area contributed by atoms with Gasteiger partial charge in [-0.15, -0.1) is 0 Å². The Kier molecular flexibility index (Phi) is 6.77. The molecule has 1 amide bonds. The zero-order valence-corrected chi connectivity index (χ0v) is 18.2. The molecule has 3 aromatic carbocycles. The van der Waals surface area contributed by atoms with Gasteiger partial charge in [-0.3, -0.25) is 9.10 Å². The molecule has 0 unspecified atom stereocenters. The highest BCUT2D eigenvalue weighted by Crippen LogP contribution is 2.26. The number of hydrogen-bond donors (Lipinski definition) is 1. The molecule has 0 spiro atoms. The second-order valence-electron chi connectivity index (χ2n) is 6.87. The molecule has 0 radical (unpaired) electrons. The lowest BCUT2D eigenvalue weighted by atomic mass is 10.1. The van der Waals surface area contributed by atoms with Crippen molar-refractivity contribution in [3.8, 4) is 5.75 Å². The highest BCUT2D eigenvalue weighted by atomic mass is 32.2. The Labute approximate surface area is 182 Å². The quantitative estimate of drug-likeness (QED) is 0.522. The number of hydrogen-bond acceptors (Lipinski definition) is 4. The molecular formula is C24H24N2O4S. The predicted molar refractivity (Wildman–Crippen MR) is 123 cm³/mol. The van der Waals surface area contributed by atoms with Crippen LogP contribution in [0, 0.1) is 6.92 Å². The Bertz CT molecular complexity index is 1190. The topological polar surface area (TPSA) is 75.7 Å². The number of nitrogens with zero attached hydrogens (tertiary/aromatic N) is 1. The molecule has 3 aromatic rings. The summed E-state index contributed by atoms with van der Waals surface area (Å²) in [4.78, 5) is 12.9. The fourth-order valence-corrected chi connectivity index (χ4v) is 4.33. The summed E-state index contributed by atoms with van der Waals surface area (Å²) in [5, 5.41) is 2.83. The summed E-state index contributed by atoms with van der Waals surface area (Å²) < 4.78 is 32.5. The molecule has 1 N–H and O–H groups in total. The first kappa shape index (κ1) is 22.1. The molecule has 0 heterocycles. The molecular weight excluding hydrogens is 412 g/mol. The largest absolute Gasteiger partial charge is 0.489 e. The molecule has 0 aliphatic heterocycles. The number of carbonyl (C=O) groups excluding carboxylic acids is 1. The summed E-state index contributed by atoms with van der Waals surface area (Å²) in [5.41, 5.74) is 2.18. The molecule has 0 bridgehead atoms. The molecule has 0 atom stereocenters. The lowest BCUT2D eigenvalue weighted by molar-refractivity contribution is 0.102. The smallest absolute Gasteiger partial charge is 0.264 e. The summed E-state index contributed by atoms with van der Waals surface area (Å²) >= 11 is 0. The standard InChI is InChI=1S/C24H24N2O4S/c1-4-15-30-21-10-8-9-20(17-21)25-24(27)19-13-14-23(18(2)16-19)26(3)31(28,29)22-11-6-5-7-12-22/h4-14,16-17H,1,15H2,2-3H3,(H,25,27). The Morgan fingerprint density at radius 3 is 2.48 bits per heavy atom. The third kappa shape index (κ3) is 5.13. The Morgan fingerprint density at radius 1 is 1.06 bits per heavy atom. The van der Waals surface area contributed by atoms with Gasteiger partial charge < -0.3 is 10.1 Å². The number of carbonyl (C=O) groups is 1. The first-order chi connectivity index (χ1) is 14.8. The molecule has 6 nitrogen and oxygen atoms in total. The molecule has 31 heavy (non-hydrogen) atoms. The van der Waals surface area contributed by atoms with E-state index in [1.807, 2.05) is 0 Å². The second-order valence-corrected chi connectivity index (χ2v) is 8.84. The van der Waals surface area contributed by atoms with E-state index in [1.54, 1.807) is 85.8 Å². The summed E-state index contributed by atoms with van der Waals surface area (Å²) in [7, 11) is -2.20. The maximum absolute atomic E-state index is 12.9. The van der Waals surface area contributed by atoms with Crippen LogP contribution in [0.1, 0.15) is 15.9 Å². The number of ether oxygens (including phenoxy) is 1. The first-order valence-electron chi connectivity index (χ1n) is 9.62. The van der Waals surface area contributed by atoms with Crippen molar-refractivity contribution in [1.82, 2.24) is 0 Å². The van der Waals surface area contributed by atoms with Gasteiger partial charge in [-0.05, 0) is 55.0 Å². The van der Waals surface area contributed by atoms with E-state index in [1.165, 1.54) is 11.4 Å². The Morgan fingerprint density at radius 2 is 1.81 bits per heavy atom. The summed E-state index contributed by atoms with van der Waals surface area (Å²) in [6, 6.07) is 20.2. The zero-order chi connectivity index (χ0) is 22.4. The van der Waals surface area contributed by atoms with E-state index < -0.39 is 10.0 Å². The zero-order valence-electron chi connectivity index (χ0n) is 17.4. The van der Waals surface area contributed by atoms with Gasteiger partial charge in [0.1, 0.15) is 12.4 Å². The number of aryl methyl sites for hydroxylation is 1. The maximum Gasteiger partial charge on any atom is 0.264 e. The first-order valence-corrected chi connectivity index (χ1v) is 11.1. The summed E-state index contributed by atoms with van der Waals surface area (Å²) in [5.74, 6) is 0.320. The molecule has 0 saturated heterocycles. The van der Waals surface area contributed by atoms with Crippen molar-refractivity contribution in [3.63, 3.8) is 0 Å². The van der Waals surface area contributed by atoms with Crippen LogP contribution in [0.5, 0.6) is 5.75 Å². The SMILES string of the molecule is C=CCOc1cccc(NC(=O)c2ccc(N(C)S(=O)(=O)c3ccccc3)c(C)c2)c1. The molecule has 0 saturated carbocycles. The lowest BCUT2D eigenvalue weighted by Gasteiger charge is -2.22. The van der Waals surface area contributed by atoms with Gasteiger partial charge in [0.05, 0.1) is 10.6 Å². The summed E-state index contributed by atoms with van der Waals surface area (Å²) in [6.07, 6.45) is 1.64. The molecule has 7 heteroatoms. The molecule has 0 fully saturated rings. The molecule has 0 aliphatic rings. The van der Waals surface area contributed by atoms with Gasteiger partial charge in [0.25, 0.3) is 15.9 Å². The van der Waals surface area contributed by atoms with Gasteiger partial charge >= 0.3 is 0 Å². The third-order valence-corrected chi connectivity index (χ3v) is 6.45. The fraction of sp³-hybridized carbons (Fsp3) is 0.125. The highest BCUT2D eigenvalue weighted by molar-refractivity contribution is 7.92. The average molecular weight is 437 g/mol. The van der Waals surface area contributed by atoms with Gasteiger partial charge in [-0.25, -0.2) is 8.42 Å². The van der Waals surface area contributed by atoms with Crippen LogP contribution in [0.2, 0.25) is 0 Å². The van der Waals surface area contributed by atoms with Crippen LogP contribution in [-0.2, 0) is 10.0 Å². The fourth-order valence-electron chi connectivity index (χ4n) is 3.05. The van der Waals surface area contributed by atoms with Gasteiger partial charge in [-0.2, -0.15) is 0 Å². The number of rotatable bonds is 8. The van der Waals surface area contributed by atoms with Gasteiger partial charge in [0.2, 0.25) is 0 Å². The van der Waals surface area contributed by atoms with Crippen LogP contribution < -0.4 is 14.4 Å². The van der Waals surface area contributed by atoms with Crippen molar-refractivity contribution in [2.45, 2.75) is 11.8 Å². The van der Waals surface area contributed by atoms with Crippen LogP contribution >= 0.6 is 0 Å². The average Bonchev–Trinajstić information content (AvgIpc) is 2.78. The normalized spacial score (nSPS) is 10.9. The number of sulfonamides is 1. The number of anilines is 2. The predicted octanol–water partition coefficient (Wildman–Crippen LogP) is 4.64. The maximum atomic E-state index is 12.9. The lowest BCUT2D eigenvalue weighted by Crippen LogP contribution is -2.27. The Balaban J connectivity index is 1.79. The van der Waals surface area contributed by atoms with E-state index in [0.29, 0.717) is 34.9 Å². The van der Waals surface area contributed by atoms with E-state index in [4.69, 9.17) is 4.74 Å². The van der Waals surface area contributed by atoms with Gasteiger partial charge in [-0.1, -0.05) is 36.9 Å². The van der Waals surface area contributed by atoms with Crippen LogP contribution in [0.25, 0.3) is 0 Å². The monoisotopic (exact) mass is 436 g/mol. The molecule has 160 valence electrons. The van der Waals surface area contributed by atoms with Crippen molar-refractivity contribution in [1.29, 1.82) is 0 Å². The molecule has 3 rings (SSSR count). The van der Waals surface area contributed by atoms with E-state index in [0.717, 1.165) is 0 Å². The number of amides is 1. The van der Waals surface area contributed by atoms with Crippen molar-refractivity contribution in [3.05, 3.63) is 96.6 Å². The van der Waals surface area contributed by atoms with Crippen molar-refractivity contribution in [2.75, 3.05) is 23.3 Å². The minimum absolute atomic E-state index is 0.206. The van der Waals surface area contributed by atoms with E-state index in [2.05, 4.69) is 11.9 Å².